The van der Waals surface area contributed by atoms with Crippen LogP contribution in [0.15, 0.2) is 53.4 Å². The highest BCUT2D eigenvalue weighted by Crippen LogP contribution is 2.37. The normalized spacial score (nSPS) is 20.0. The van der Waals surface area contributed by atoms with Crippen LogP contribution in [0.25, 0.3) is 12.2 Å². The zero-order valence-corrected chi connectivity index (χ0v) is 13.9. The molecule has 0 spiro atoms. The molecule has 0 saturated carbocycles. The van der Waals surface area contributed by atoms with E-state index in [0.717, 1.165) is 16.2 Å². The lowest BCUT2D eigenvalue weighted by Crippen LogP contribution is -2.42. The number of allylic oxidation sites excluding steroid dienone is 1. The molecule has 0 aliphatic carbocycles. The van der Waals surface area contributed by atoms with Gasteiger partial charge in [-0.25, -0.2) is 0 Å². The Morgan fingerprint density at radius 3 is 2.87 bits per heavy atom. The maximum atomic E-state index is 12.7. The molecule has 0 amide bonds. The van der Waals surface area contributed by atoms with E-state index in [9.17, 15) is 4.79 Å². The molecule has 1 aliphatic rings. The first-order valence-corrected chi connectivity index (χ1v) is 8.40. The molecule has 0 saturated heterocycles. The van der Waals surface area contributed by atoms with Crippen molar-refractivity contribution < 1.29 is 14.3 Å². The minimum Gasteiger partial charge on any atom is -0.458 e. The molecular weight excluding hydrogens is 308 g/mol. The Balaban J connectivity index is 1.95. The van der Waals surface area contributed by atoms with Crippen molar-refractivity contribution >= 4 is 29.3 Å². The number of rotatable bonds is 5. The average molecular weight is 326 g/mol. The maximum absolute atomic E-state index is 12.7. The van der Waals surface area contributed by atoms with E-state index < -0.39 is 5.79 Å². The largest absolute Gasteiger partial charge is 0.458 e. The van der Waals surface area contributed by atoms with Gasteiger partial charge < -0.3 is 9.47 Å². The number of carbonyl (C=O) groups excluding carboxylic acids is 1. The number of ether oxygens (including phenoxy) is 2. The number of hydrogen-bond acceptors (Lipinski definition) is 4. The zero-order valence-electron chi connectivity index (χ0n) is 13.1. The highest BCUT2D eigenvalue weighted by molar-refractivity contribution is 7.10. The van der Waals surface area contributed by atoms with Crippen LogP contribution < -0.4 is 4.74 Å². The molecule has 0 radical (unpaired) electrons. The number of fused-ring (bicyclic) bond motifs is 1. The van der Waals surface area contributed by atoms with E-state index in [1.54, 1.807) is 24.3 Å². The second-order valence-electron chi connectivity index (χ2n) is 5.29. The third kappa shape index (κ3) is 3.28. The second kappa shape index (κ2) is 6.52. The van der Waals surface area contributed by atoms with E-state index in [0.29, 0.717) is 12.2 Å². The van der Waals surface area contributed by atoms with Gasteiger partial charge in [-0.05, 0) is 42.7 Å². The summed E-state index contributed by atoms with van der Waals surface area (Å²) in [5.41, 5.74) is 1.39. The summed E-state index contributed by atoms with van der Waals surface area (Å²) in [6.07, 6.45) is 5.25. The maximum Gasteiger partial charge on any atom is 0.238 e. The minimum atomic E-state index is -1.07. The van der Waals surface area contributed by atoms with Crippen molar-refractivity contribution in [1.29, 1.82) is 0 Å². The average Bonchev–Trinajstić information content (AvgIpc) is 3.05. The van der Waals surface area contributed by atoms with Gasteiger partial charge in [0.1, 0.15) is 5.75 Å². The van der Waals surface area contributed by atoms with Gasteiger partial charge in [0.2, 0.25) is 5.79 Å². The van der Waals surface area contributed by atoms with Crippen molar-refractivity contribution in [1.82, 2.24) is 0 Å². The Kier molecular flexibility index (Phi) is 4.46. The summed E-state index contributed by atoms with van der Waals surface area (Å²) in [6, 6.07) is 11.6. The van der Waals surface area contributed by atoms with Crippen molar-refractivity contribution in [3.8, 4) is 5.75 Å². The summed E-state index contributed by atoms with van der Waals surface area (Å²) in [4.78, 5) is 13.7. The van der Waals surface area contributed by atoms with Crippen LogP contribution in [0, 0.1) is 0 Å². The molecule has 23 heavy (non-hydrogen) atoms. The van der Waals surface area contributed by atoms with Crippen LogP contribution in [0.2, 0.25) is 0 Å². The Hall–Kier alpha value is -2.17. The molecule has 2 heterocycles. The molecular formula is C19H18O3S. The smallest absolute Gasteiger partial charge is 0.238 e. The van der Waals surface area contributed by atoms with Gasteiger partial charge in [-0.2, -0.15) is 0 Å². The molecule has 1 aromatic heterocycles. The lowest BCUT2D eigenvalue weighted by molar-refractivity contribution is -0.146. The van der Waals surface area contributed by atoms with E-state index >= 15 is 0 Å². The summed E-state index contributed by atoms with van der Waals surface area (Å²) in [7, 11) is 0. The van der Waals surface area contributed by atoms with Crippen LogP contribution >= 0.6 is 11.3 Å². The van der Waals surface area contributed by atoms with Crippen LogP contribution in [-0.2, 0) is 9.53 Å². The van der Waals surface area contributed by atoms with Crippen LogP contribution in [-0.4, -0.2) is 18.2 Å². The van der Waals surface area contributed by atoms with E-state index in [1.807, 2.05) is 60.9 Å². The molecule has 0 fully saturated rings. The molecule has 4 heteroatoms. The van der Waals surface area contributed by atoms with Crippen molar-refractivity contribution in [3.05, 3.63) is 63.9 Å². The fourth-order valence-electron chi connectivity index (χ4n) is 2.56. The molecule has 1 aliphatic heterocycles. The Bertz CT molecular complexity index is 759. The first kappa shape index (κ1) is 15.7. The predicted octanol–water partition coefficient (Wildman–Crippen LogP) is 4.56. The number of hydrogen-bond donors (Lipinski definition) is 0. The van der Waals surface area contributed by atoms with Gasteiger partial charge in [-0.15, -0.1) is 11.3 Å². The van der Waals surface area contributed by atoms with Gasteiger partial charge in [0, 0.05) is 24.0 Å². The van der Waals surface area contributed by atoms with Crippen LogP contribution in [0.1, 0.15) is 24.3 Å². The van der Waals surface area contributed by atoms with Crippen molar-refractivity contribution in [2.75, 3.05) is 6.61 Å². The molecule has 118 valence electrons. The SMILES string of the molecule is CCOC1(C)Oc2ccccc2C=C1C(=O)/C=C/c1cccs1. The van der Waals surface area contributed by atoms with Crippen molar-refractivity contribution in [2.45, 2.75) is 19.6 Å². The third-order valence-electron chi connectivity index (χ3n) is 3.64. The molecule has 3 nitrogen and oxygen atoms in total. The Morgan fingerprint density at radius 2 is 2.13 bits per heavy atom. The van der Waals surface area contributed by atoms with Gasteiger partial charge in [0.25, 0.3) is 0 Å². The third-order valence-corrected chi connectivity index (χ3v) is 4.48. The quantitative estimate of drug-likeness (QED) is 0.756. The zero-order chi connectivity index (χ0) is 16.3. The lowest BCUT2D eigenvalue weighted by Gasteiger charge is -2.35. The highest BCUT2D eigenvalue weighted by atomic mass is 32.1. The van der Waals surface area contributed by atoms with Crippen LogP contribution in [0.5, 0.6) is 5.75 Å². The molecule has 0 N–H and O–H groups in total. The number of carbonyl (C=O) groups is 1. The molecule has 1 aromatic carbocycles. The standard InChI is InChI=1S/C19H18O3S/c1-3-21-19(2)16(13-14-7-4-5-9-18(14)22-19)17(20)11-10-15-8-6-12-23-15/h4-13H,3H2,1-2H3/b11-10+. The fourth-order valence-corrected chi connectivity index (χ4v) is 3.17. The minimum absolute atomic E-state index is 0.108. The Morgan fingerprint density at radius 1 is 1.30 bits per heavy atom. The number of thiophene rings is 1. The molecule has 2 aromatic rings. The summed E-state index contributed by atoms with van der Waals surface area (Å²) in [6.45, 7) is 4.13. The van der Waals surface area contributed by atoms with E-state index in [1.165, 1.54) is 0 Å². The summed E-state index contributed by atoms with van der Waals surface area (Å²) in [5.74, 6) is -0.453. The summed E-state index contributed by atoms with van der Waals surface area (Å²) < 4.78 is 11.7. The topological polar surface area (TPSA) is 35.5 Å². The number of ketones is 1. The number of para-hydroxylation sites is 1. The van der Waals surface area contributed by atoms with Gasteiger partial charge in [-0.3, -0.25) is 4.79 Å². The highest BCUT2D eigenvalue weighted by Gasteiger charge is 2.38. The molecule has 3 rings (SSSR count). The first-order chi connectivity index (χ1) is 11.1. The van der Waals surface area contributed by atoms with E-state index in [-0.39, 0.29) is 5.78 Å². The molecule has 1 unspecified atom stereocenters. The fraction of sp³-hybridized carbons (Fsp3) is 0.211. The second-order valence-corrected chi connectivity index (χ2v) is 6.27. The van der Waals surface area contributed by atoms with Gasteiger partial charge >= 0.3 is 0 Å². The Labute approximate surface area is 139 Å². The first-order valence-electron chi connectivity index (χ1n) is 7.52. The number of benzene rings is 1. The van der Waals surface area contributed by atoms with Crippen molar-refractivity contribution in [3.63, 3.8) is 0 Å². The van der Waals surface area contributed by atoms with Gasteiger partial charge in [-0.1, -0.05) is 24.3 Å². The molecule has 1 atom stereocenters. The van der Waals surface area contributed by atoms with Crippen LogP contribution in [0.3, 0.4) is 0 Å². The molecule has 0 bridgehead atoms. The monoisotopic (exact) mass is 326 g/mol. The van der Waals surface area contributed by atoms with E-state index in [4.69, 9.17) is 9.47 Å². The predicted molar refractivity (Wildman–Crippen MR) is 93.4 cm³/mol. The van der Waals surface area contributed by atoms with E-state index in [2.05, 4.69) is 0 Å². The van der Waals surface area contributed by atoms with Gasteiger partial charge in [0.15, 0.2) is 5.78 Å². The summed E-state index contributed by atoms with van der Waals surface area (Å²) >= 11 is 1.59. The van der Waals surface area contributed by atoms with Crippen LogP contribution in [0.4, 0.5) is 0 Å². The van der Waals surface area contributed by atoms with Gasteiger partial charge in [0.05, 0.1) is 5.57 Å². The summed E-state index contributed by atoms with van der Waals surface area (Å²) in [5, 5.41) is 1.98. The lowest BCUT2D eigenvalue weighted by atomic mass is 9.95. The van der Waals surface area contributed by atoms with Crippen molar-refractivity contribution in [2.24, 2.45) is 0 Å².